The molecular formula is C18H18ClNO2. The molecule has 0 radical (unpaired) electrons. The fourth-order valence-corrected chi connectivity index (χ4v) is 2.45. The molecule has 0 aliphatic carbocycles. The summed E-state index contributed by atoms with van der Waals surface area (Å²) in [6, 6.07) is 15.5. The van der Waals surface area contributed by atoms with Gasteiger partial charge in [-0.1, -0.05) is 41.4 Å². The van der Waals surface area contributed by atoms with Crippen LogP contribution in [0.1, 0.15) is 23.5 Å². The van der Waals surface area contributed by atoms with Crippen molar-refractivity contribution in [2.45, 2.75) is 19.3 Å². The van der Waals surface area contributed by atoms with Gasteiger partial charge in [-0.15, -0.1) is 0 Å². The Balaban J connectivity index is 2.06. The van der Waals surface area contributed by atoms with Crippen LogP contribution in [0.15, 0.2) is 42.5 Å². The van der Waals surface area contributed by atoms with Gasteiger partial charge in [-0.05, 0) is 25.1 Å². The Morgan fingerprint density at radius 3 is 2.64 bits per heavy atom. The third kappa shape index (κ3) is 3.93. The Bertz CT molecular complexity index is 679. The van der Waals surface area contributed by atoms with Crippen LogP contribution in [0.4, 0.5) is 0 Å². The molecule has 0 N–H and O–H groups in total. The number of ether oxygens (including phenoxy) is 2. The van der Waals surface area contributed by atoms with Crippen molar-refractivity contribution in [1.29, 1.82) is 5.26 Å². The minimum atomic E-state index is -0.280. The zero-order valence-electron chi connectivity index (χ0n) is 12.7. The van der Waals surface area contributed by atoms with Crippen molar-refractivity contribution in [2.75, 3.05) is 13.7 Å². The number of nitrogens with zero attached hydrogens (tertiary/aromatic N) is 1. The molecule has 0 aromatic heterocycles. The Kier molecular flexibility index (Phi) is 5.68. The minimum absolute atomic E-state index is 0.280. The molecule has 3 nitrogen and oxygen atoms in total. The predicted octanol–water partition coefficient (Wildman–Crippen LogP) is 4.73. The van der Waals surface area contributed by atoms with Crippen LogP contribution in [-0.2, 0) is 0 Å². The number of aryl methyl sites for hydroxylation is 1. The second-order valence-electron chi connectivity index (χ2n) is 4.99. The molecule has 0 heterocycles. The first-order valence-corrected chi connectivity index (χ1v) is 7.45. The van der Waals surface area contributed by atoms with Crippen LogP contribution < -0.4 is 9.47 Å². The lowest BCUT2D eigenvalue weighted by Gasteiger charge is -2.15. The first-order valence-electron chi connectivity index (χ1n) is 7.07. The quantitative estimate of drug-likeness (QED) is 0.773. The van der Waals surface area contributed by atoms with Crippen LogP contribution in [0.25, 0.3) is 0 Å². The van der Waals surface area contributed by atoms with Gasteiger partial charge in [-0.3, -0.25) is 0 Å². The van der Waals surface area contributed by atoms with E-state index in [9.17, 15) is 5.26 Å². The molecule has 114 valence electrons. The van der Waals surface area contributed by atoms with Gasteiger partial charge >= 0.3 is 0 Å². The smallest absolute Gasteiger partial charge is 0.137 e. The Morgan fingerprint density at radius 2 is 1.95 bits per heavy atom. The largest absolute Gasteiger partial charge is 0.496 e. The summed E-state index contributed by atoms with van der Waals surface area (Å²) in [7, 11) is 1.61. The summed E-state index contributed by atoms with van der Waals surface area (Å²) < 4.78 is 11.0. The topological polar surface area (TPSA) is 42.2 Å². The van der Waals surface area contributed by atoms with Crippen molar-refractivity contribution in [3.05, 3.63) is 58.6 Å². The number of halogens is 1. The van der Waals surface area contributed by atoms with Crippen molar-refractivity contribution in [3.8, 4) is 17.6 Å². The number of benzene rings is 2. The van der Waals surface area contributed by atoms with Crippen molar-refractivity contribution in [1.82, 2.24) is 0 Å². The van der Waals surface area contributed by atoms with Gasteiger partial charge < -0.3 is 9.47 Å². The number of nitriles is 1. The average molecular weight is 316 g/mol. The van der Waals surface area contributed by atoms with E-state index >= 15 is 0 Å². The van der Waals surface area contributed by atoms with Gasteiger partial charge in [-0.2, -0.15) is 5.26 Å². The molecule has 2 aromatic carbocycles. The summed E-state index contributed by atoms with van der Waals surface area (Å²) in [5.74, 6) is 1.09. The lowest BCUT2D eigenvalue weighted by atomic mass is 9.95. The van der Waals surface area contributed by atoms with Crippen LogP contribution in [0.5, 0.6) is 11.5 Å². The fraction of sp³-hybridized carbons (Fsp3) is 0.278. The van der Waals surface area contributed by atoms with Crippen LogP contribution in [0.2, 0.25) is 5.02 Å². The van der Waals surface area contributed by atoms with Gasteiger partial charge in [0, 0.05) is 12.0 Å². The average Bonchev–Trinajstić information content (AvgIpc) is 2.53. The number of rotatable bonds is 6. The monoisotopic (exact) mass is 315 g/mol. The summed E-state index contributed by atoms with van der Waals surface area (Å²) in [5, 5.41) is 10.0. The maximum atomic E-state index is 9.45. The molecule has 2 aromatic rings. The van der Waals surface area contributed by atoms with Crippen molar-refractivity contribution in [2.24, 2.45) is 0 Å². The second-order valence-corrected chi connectivity index (χ2v) is 5.40. The summed E-state index contributed by atoms with van der Waals surface area (Å²) in [5.41, 5.74) is 2.00. The van der Waals surface area contributed by atoms with Gasteiger partial charge in [0.05, 0.1) is 30.7 Å². The molecule has 0 aliphatic rings. The lowest BCUT2D eigenvalue weighted by molar-refractivity contribution is 0.304. The standard InChI is InChI=1S/C18H18ClNO2/c1-13-7-8-17(21-2)15(11-13)14(12-20)9-10-22-18-6-4-3-5-16(18)19/h3-8,11,14H,9-10H2,1-2H3. The summed E-state index contributed by atoms with van der Waals surface area (Å²) in [6.45, 7) is 2.41. The van der Waals surface area contributed by atoms with Crippen molar-refractivity contribution < 1.29 is 9.47 Å². The summed E-state index contributed by atoms with van der Waals surface area (Å²) >= 11 is 6.05. The highest BCUT2D eigenvalue weighted by Crippen LogP contribution is 2.30. The molecule has 4 heteroatoms. The molecule has 0 bridgehead atoms. The third-order valence-electron chi connectivity index (χ3n) is 3.42. The van der Waals surface area contributed by atoms with E-state index in [1.807, 2.05) is 43.3 Å². The van der Waals surface area contributed by atoms with Crippen molar-refractivity contribution in [3.63, 3.8) is 0 Å². The molecule has 0 saturated carbocycles. The molecule has 0 spiro atoms. The van der Waals surface area contributed by atoms with Gasteiger partial charge in [-0.25, -0.2) is 0 Å². The van der Waals surface area contributed by atoms with Gasteiger partial charge in [0.25, 0.3) is 0 Å². The maximum Gasteiger partial charge on any atom is 0.137 e. The first kappa shape index (κ1) is 16.2. The van der Waals surface area contributed by atoms with Gasteiger partial charge in [0.15, 0.2) is 0 Å². The molecular weight excluding hydrogens is 298 g/mol. The second kappa shape index (κ2) is 7.72. The molecule has 22 heavy (non-hydrogen) atoms. The van der Waals surface area contributed by atoms with E-state index < -0.39 is 0 Å². The minimum Gasteiger partial charge on any atom is -0.496 e. The number of methoxy groups -OCH3 is 1. The predicted molar refractivity (Wildman–Crippen MR) is 87.6 cm³/mol. The third-order valence-corrected chi connectivity index (χ3v) is 3.73. The number of hydrogen-bond acceptors (Lipinski definition) is 3. The zero-order valence-corrected chi connectivity index (χ0v) is 13.4. The fourth-order valence-electron chi connectivity index (χ4n) is 2.26. The summed E-state index contributed by atoms with van der Waals surface area (Å²) in [6.07, 6.45) is 0.571. The normalized spacial score (nSPS) is 11.5. The first-order chi connectivity index (χ1) is 10.7. The van der Waals surface area contributed by atoms with Crippen molar-refractivity contribution >= 4 is 11.6 Å². The molecule has 0 saturated heterocycles. The molecule has 0 amide bonds. The Hall–Kier alpha value is -2.18. The number of hydrogen-bond donors (Lipinski definition) is 0. The highest BCUT2D eigenvalue weighted by molar-refractivity contribution is 6.32. The van der Waals surface area contributed by atoms with Crippen LogP contribution >= 0.6 is 11.6 Å². The van der Waals surface area contributed by atoms with Gasteiger partial charge in [0.2, 0.25) is 0 Å². The van der Waals surface area contributed by atoms with E-state index in [-0.39, 0.29) is 5.92 Å². The van der Waals surface area contributed by atoms with E-state index in [0.717, 1.165) is 16.9 Å². The highest BCUT2D eigenvalue weighted by Gasteiger charge is 2.16. The molecule has 2 rings (SSSR count). The maximum absolute atomic E-state index is 9.45. The highest BCUT2D eigenvalue weighted by atomic mass is 35.5. The van der Waals surface area contributed by atoms with Gasteiger partial charge in [0.1, 0.15) is 11.5 Å². The van der Waals surface area contributed by atoms with E-state index in [2.05, 4.69) is 6.07 Å². The SMILES string of the molecule is COc1ccc(C)cc1C(C#N)CCOc1ccccc1Cl. The summed E-state index contributed by atoms with van der Waals surface area (Å²) in [4.78, 5) is 0. The zero-order chi connectivity index (χ0) is 15.9. The van der Waals surface area contributed by atoms with Crippen LogP contribution in [0.3, 0.4) is 0 Å². The van der Waals surface area contributed by atoms with E-state index in [4.69, 9.17) is 21.1 Å². The molecule has 1 atom stereocenters. The van der Waals surface area contributed by atoms with Crippen LogP contribution in [-0.4, -0.2) is 13.7 Å². The van der Waals surface area contributed by atoms with E-state index in [1.54, 1.807) is 13.2 Å². The Labute approximate surface area is 136 Å². The molecule has 0 fully saturated rings. The van der Waals surface area contributed by atoms with E-state index in [1.165, 1.54) is 0 Å². The Morgan fingerprint density at radius 1 is 1.18 bits per heavy atom. The van der Waals surface area contributed by atoms with Crippen LogP contribution in [0, 0.1) is 18.3 Å². The number of para-hydroxylation sites is 1. The molecule has 1 unspecified atom stereocenters. The lowest BCUT2D eigenvalue weighted by Crippen LogP contribution is -2.06. The molecule has 0 aliphatic heterocycles. The van der Waals surface area contributed by atoms with E-state index in [0.29, 0.717) is 23.8 Å².